The van der Waals surface area contributed by atoms with Crippen molar-refractivity contribution in [3.8, 4) is 0 Å². The summed E-state index contributed by atoms with van der Waals surface area (Å²) in [6, 6.07) is 5.04. The van der Waals surface area contributed by atoms with Crippen molar-refractivity contribution in [2.75, 3.05) is 25.0 Å². The second-order valence-corrected chi connectivity index (χ2v) is 5.56. The lowest BCUT2D eigenvalue weighted by molar-refractivity contribution is -0.130. The first-order valence-electron chi connectivity index (χ1n) is 6.94. The highest BCUT2D eigenvalue weighted by atomic mass is 19.1. The molecule has 0 saturated carbocycles. The number of carbonyl (C=O) groups excluding carboxylic acids is 1. The normalized spacial score (nSPS) is 23.1. The lowest BCUT2D eigenvalue weighted by atomic mass is 9.81. The molecule has 1 saturated heterocycles. The standard InChI is InChI=1S/C15H19FN2O/c1-10(19)18-6-4-11(5-7-18)14-9-17-15-8-12(16)2-3-13(14)15/h2-3,8,11,14,17H,4-7,9H2,1H3. The second kappa shape index (κ2) is 4.83. The molecule has 0 radical (unpaired) electrons. The summed E-state index contributed by atoms with van der Waals surface area (Å²) in [6.07, 6.45) is 2.09. The lowest BCUT2D eigenvalue weighted by Gasteiger charge is -2.34. The largest absolute Gasteiger partial charge is 0.384 e. The summed E-state index contributed by atoms with van der Waals surface area (Å²) < 4.78 is 13.2. The number of amides is 1. The number of piperidine rings is 1. The molecule has 1 atom stereocenters. The zero-order chi connectivity index (χ0) is 13.4. The first-order chi connectivity index (χ1) is 9.15. The predicted molar refractivity (Wildman–Crippen MR) is 72.6 cm³/mol. The van der Waals surface area contributed by atoms with Crippen LogP contribution in [-0.2, 0) is 4.79 Å². The van der Waals surface area contributed by atoms with Crippen LogP contribution in [0.3, 0.4) is 0 Å². The molecule has 1 aromatic rings. The van der Waals surface area contributed by atoms with Gasteiger partial charge in [-0.25, -0.2) is 4.39 Å². The molecule has 0 aliphatic carbocycles. The van der Waals surface area contributed by atoms with Crippen LogP contribution in [0, 0.1) is 11.7 Å². The van der Waals surface area contributed by atoms with Crippen molar-refractivity contribution < 1.29 is 9.18 Å². The fraction of sp³-hybridized carbons (Fsp3) is 0.533. The Morgan fingerprint density at radius 1 is 1.37 bits per heavy atom. The minimum atomic E-state index is -0.182. The minimum absolute atomic E-state index is 0.172. The molecule has 0 spiro atoms. The summed E-state index contributed by atoms with van der Waals surface area (Å²) >= 11 is 0. The molecule has 4 heteroatoms. The second-order valence-electron chi connectivity index (χ2n) is 5.56. The van der Waals surface area contributed by atoms with Crippen molar-refractivity contribution in [1.82, 2.24) is 4.90 Å². The van der Waals surface area contributed by atoms with Crippen molar-refractivity contribution in [3.05, 3.63) is 29.6 Å². The molecular formula is C15H19FN2O. The van der Waals surface area contributed by atoms with Crippen molar-refractivity contribution in [1.29, 1.82) is 0 Å². The number of rotatable bonds is 1. The van der Waals surface area contributed by atoms with Crippen LogP contribution < -0.4 is 5.32 Å². The van der Waals surface area contributed by atoms with Crippen molar-refractivity contribution in [3.63, 3.8) is 0 Å². The summed E-state index contributed by atoms with van der Waals surface area (Å²) in [5.41, 5.74) is 2.18. The maximum atomic E-state index is 13.2. The predicted octanol–water partition coefficient (Wildman–Crippen LogP) is 2.59. The van der Waals surface area contributed by atoms with Gasteiger partial charge in [-0.1, -0.05) is 6.07 Å². The molecule has 3 nitrogen and oxygen atoms in total. The maximum absolute atomic E-state index is 13.2. The molecule has 2 aliphatic rings. The van der Waals surface area contributed by atoms with E-state index >= 15 is 0 Å². The molecule has 102 valence electrons. The number of nitrogens with zero attached hydrogens (tertiary/aromatic N) is 1. The van der Waals surface area contributed by atoms with Crippen LogP contribution in [-0.4, -0.2) is 30.4 Å². The Bertz CT molecular complexity index is 495. The van der Waals surface area contributed by atoms with Gasteiger partial charge in [-0.2, -0.15) is 0 Å². The topological polar surface area (TPSA) is 32.3 Å². The average molecular weight is 262 g/mol. The Balaban J connectivity index is 1.71. The zero-order valence-corrected chi connectivity index (χ0v) is 11.2. The molecular weight excluding hydrogens is 243 g/mol. The Morgan fingerprint density at radius 2 is 2.11 bits per heavy atom. The van der Waals surface area contributed by atoms with E-state index in [1.54, 1.807) is 19.1 Å². The van der Waals surface area contributed by atoms with E-state index in [1.807, 2.05) is 11.0 Å². The van der Waals surface area contributed by atoms with E-state index in [9.17, 15) is 9.18 Å². The van der Waals surface area contributed by atoms with Crippen molar-refractivity contribution >= 4 is 11.6 Å². The van der Waals surface area contributed by atoms with Crippen LogP contribution in [0.2, 0.25) is 0 Å². The number of fused-ring (bicyclic) bond motifs is 1. The summed E-state index contributed by atoms with van der Waals surface area (Å²) in [5, 5.41) is 3.30. The fourth-order valence-electron chi connectivity index (χ4n) is 3.37. The Hall–Kier alpha value is -1.58. The van der Waals surface area contributed by atoms with E-state index in [1.165, 1.54) is 5.56 Å². The Morgan fingerprint density at radius 3 is 2.79 bits per heavy atom. The van der Waals surface area contributed by atoms with Gasteiger partial charge in [-0.3, -0.25) is 4.79 Å². The van der Waals surface area contributed by atoms with Crippen LogP contribution in [0.15, 0.2) is 18.2 Å². The quantitative estimate of drug-likeness (QED) is 0.843. The summed E-state index contributed by atoms with van der Waals surface area (Å²) in [6.45, 7) is 4.24. The monoisotopic (exact) mass is 262 g/mol. The Kier molecular flexibility index (Phi) is 3.17. The third kappa shape index (κ3) is 2.31. The number of likely N-dealkylation sites (tertiary alicyclic amines) is 1. The number of hydrogen-bond acceptors (Lipinski definition) is 2. The van der Waals surface area contributed by atoms with Crippen LogP contribution in [0.25, 0.3) is 0 Å². The molecule has 1 aromatic carbocycles. The highest BCUT2D eigenvalue weighted by Crippen LogP contribution is 2.40. The first kappa shape index (κ1) is 12.5. The van der Waals surface area contributed by atoms with Gasteiger partial charge in [-0.15, -0.1) is 0 Å². The molecule has 3 rings (SSSR count). The number of hydrogen-bond donors (Lipinski definition) is 1. The van der Waals surface area contributed by atoms with E-state index in [-0.39, 0.29) is 11.7 Å². The summed E-state index contributed by atoms with van der Waals surface area (Å²) in [7, 11) is 0. The van der Waals surface area contributed by atoms with Gasteiger partial charge in [0.05, 0.1) is 0 Å². The highest BCUT2D eigenvalue weighted by Gasteiger charge is 2.32. The summed E-state index contributed by atoms with van der Waals surface area (Å²) in [4.78, 5) is 13.3. The Labute approximate surface area is 112 Å². The van der Waals surface area contributed by atoms with Gasteiger partial charge in [0.2, 0.25) is 5.91 Å². The van der Waals surface area contributed by atoms with Crippen LogP contribution in [0.5, 0.6) is 0 Å². The number of benzene rings is 1. The third-order valence-electron chi connectivity index (χ3n) is 4.48. The minimum Gasteiger partial charge on any atom is -0.384 e. The number of carbonyl (C=O) groups is 1. The first-order valence-corrected chi connectivity index (χ1v) is 6.94. The van der Waals surface area contributed by atoms with Crippen molar-refractivity contribution in [2.24, 2.45) is 5.92 Å². The zero-order valence-electron chi connectivity index (χ0n) is 11.2. The molecule has 0 aromatic heterocycles. The van der Waals surface area contributed by atoms with Crippen LogP contribution in [0.4, 0.5) is 10.1 Å². The fourth-order valence-corrected chi connectivity index (χ4v) is 3.37. The van der Waals surface area contributed by atoms with E-state index in [4.69, 9.17) is 0 Å². The van der Waals surface area contributed by atoms with E-state index in [0.717, 1.165) is 38.2 Å². The van der Waals surface area contributed by atoms with Crippen molar-refractivity contribution in [2.45, 2.75) is 25.7 Å². The highest BCUT2D eigenvalue weighted by molar-refractivity contribution is 5.73. The number of nitrogens with one attached hydrogen (secondary N) is 1. The molecule has 1 fully saturated rings. The van der Waals surface area contributed by atoms with Gasteiger partial charge < -0.3 is 10.2 Å². The average Bonchev–Trinajstić information content (AvgIpc) is 2.81. The lowest BCUT2D eigenvalue weighted by Crippen LogP contribution is -2.38. The molecule has 2 heterocycles. The molecule has 1 amide bonds. The SMILES string of the molecule is CC(=O)N1CCC(C2CNc3cc(F)ccc32)CC1. The van der Waals surface area contributed by atoms with Crippen LogP contribution >= 0.6 is 0 Å². The van der Waals surface area contributed by atoms with Gasteiger partial charge in [0.15, 0.2) is 0 Å². The number of anilines is 1. The van der Waals surface area contributed by atoms with Crippen LogP contribution in [0.1, 0.15) is 31.2 Å². The van der Waals surface area contributed by atoms with E-state index in [0.29, 0.717) is 11.8 Å². The molecule has 2 aliphatic heterocycles. The molecule has 1 N–H and O–H groups in total. The smallest absolute Gasteiger partial charge is 0.219 e. The molecule has 1 unspecified atom stereocenters. The maximum Gasteiger partial charge on any atom is 0.219 e. The molecule has 19 heavy (non-hydrogen) atoms. The van der Waals surface area contributed by atoms with E-state index < -0.39 is 0 Å². The molecule has 0 bridgehead atoms. The van der Waals surface area contributed by atoms with E-state index in [2.05, 4.69) is 5.32 Å². The van der Waals surface area contributed by atoms with Gasteiger partial charge in [0.25, 0.3) is 0 Å². The van der Waals surface area contributed by atoms with Gasteiger partial charge >= 0.3 is 0 Å². The van der Waals surface area contributed by atoms with Gasteiger partial charge in [0.1, 0.15) is 5.82 Å². The van der Waals surface area contributed by atoms with Gasteiger partial charge in [0, 0.05) is 38.2 Å². The number of halogens is 1. The third-order valence-corrected chi connectivity index (χ3v) is 4.48. The van der Waals surface area contributed by atoms with Gasteiger partial charge in [-0.05, 0) is 36.5 Å². The summed E-state index contributed by atoms with van der Waals surface area (Å²) in [5.74, 6) is 1.04.